The second kappa shape index (κ2) is 8.12. The van der Waals surface area contributed by atoms with Crippen molar-refractivity contribution >= 4 is 5.97 Å². The minimum absolute atomic E-state index is 0.189. The van der Waals surface area contributed by atoms with Crippen LogP contribution >= 0.6 is 0 Å². The van der Waals surface area contributed by atoms with Gasteiger partial charge in [-0.1, -0.05) is 11.2 Å². The zero-order chi connectivity index (χ0) is 15.0. The number of hydrogen-bond acceptors (Lipinski definition) is 3. The molecule has 20 heavy (non-hydrogen) atoms. The van der Waals surface area contributed by atoms with E-state index in [1.165, 1.54) is 6.07 Å². The number of benzene rings is 1. The summed E-state index contributed by atoms with van der Waals surface area (Å²) in [6.07, 6.45) is 0.977. The van der Waals surface area contributed by atoms with Gasteiger partial charge < -0.3 is 4.74 Å². The first-order chi connectivity index (χ1) is 9.58. The highest BCUT2D eigenvalue weighted by atomic mass is 19.2. The van der Waals surface area contributed by atoms with Crippen LogP contribution in [0.2, 0.25) is 0 Å². The topological polar surface area (TPSA) is 75.1 Å². The van der Waals surface area contributed by atoms with E-state index in [2.05, 4.69) is 10.0 Å². The second-order valence-electron chi connectivity index (χ2n) is 4.09. The molecule has 0 bridgehead atoms. The summed E-state index contributed by atoms with van der Waals surface area (Å²) in [5.41, 5.74) is 8.89. The fraction of sp³-hybridized carbons (Fsp3) is 0.462. The van der Waals surface area contributed by atoms with Crippen LogP contribution in [-0.2, 0) is 9.53 Å². The lowest BCUT2D eigenvalue weighted by atomic mass is 10.0. The lowest BCUT2D eigenvalue weighted by Gasteiger charge is -2.11. The molecule has 5 nitrogen and oxygen atoms in total. The molecule has 0 aliphatic carbocycles. The van der Waals surface area contributed by atoms with Gasteiger partial charge in [-0.2, -0.15) is 0 Å². The van der Waals surface area contributed by atoms with E-state index in [-0.39, 0.29) is 12.4 Å². The molecule has 0 aliphatic rings. The molecule has 0 N–H and O–H groups in total. The van der Waals surface area contributed by atoms with Gasteiger partial charge in [0.1, 0.15) is 0 Å². The van der Waals surface area contributed by atoms with Crippen molar-refractivity contribution in [1.82, 2.24) is 0 Å². The number of carbonyl (C=O) groups is 1. The molecule has 0 radical (unpaired) electrons. The third-order valence-electron chi connectivity index (χ3n) is 2.68. The predicted octanol–water partition coefficient (Wildman–Crippen LogP) is 4.05. The van der Waals surface area contributed by atoms with Crippen LogP contribution < -0.4 is 0 Å². The molecule has 0 spiro atoms. The molecule has 0 heterocycles. The molecule has 0 fully saturated rings. The molecule has 108 valence electrons. The van der Waals surface area contributed by atoms with Crippen LogP contribution in [-0.4, -0.2) is 12.6 Å². The summed E-state index contributed by atoms with van der Waals surface area (Å²) in [7, 11) is 0. The van der Waals surface area contributed by atoms with Gasteiger partial charge in [-0.25, -0.2) is 8.78 Å². The Bertz CT molecular complexity index is 516. The van der Waals surface area contributed by atoms with Gasteiger partial charge in [-0.15, -0.1) is 0 Å². The fourth-order valence-electron chi connectivity index (χ4n) is 1.75. The first-order valence-corrected chi connectivity index (χ1v) is 6.23. The average Bonchev–Trinajstić information content (AvgIpc) is 2.41. The van der Waals surface area contributed by atoms with Crippen LogP contribution in [0.15, 0.2) is 23.3 Å². The number of hydrogen-bond donors (Lipinski definition) is 0. The van der Waals surface area contributed by atoms with Crippen molar-refractivity contribution in [2.45, 2.75) is 32.2 Å². The number of ether oxygens (including phenoxy) is 1. The average molecular weight is 283 g/mol. The van der Waals surface area contributed by atoms with E-state index in [1.807, 2.05) is 0 Å². The molecule has 1 aromatic carbocycles. The zero-order valence-electron chi connectivity index (χ0n) is 11.1. The van der Waals surface area contributed by atoms with Crippen LogP contribution in [0.1, 0.15) is 37.8 Å². The molecule has 0 aromatic heterocycles. The minimum Gasteiger partial charge on any atom is -0.466 e. The molecule has 1 aromatic rings. The van der Waals surface area contributed by atoms with Crippen molar-refractivity contribution < 1.29 is 18.3 Å². The van der Waals surface area contributed by atoms with Crippen LogP contribution in [0.5, 0.6) is 0 Å². The highest BCUT2D eigenvalue weighted by Crippen LogP contribution is 2.25. The van der Waals surface area contributed by atoms with Gasteiger partial charge in [0, 0.05) is 11.3 Å². The van der Waals surface area contributed by atoms with Crippen molar-refractivity contribution in [3.63, 3.8) is 0 Å². The van der Waals surface area contributed by atoms with Crippen LogP contribution in [0, 0.1) is 11.6 Å². The summed E-state index contributed by atoms with van der Waals surface area (Å²) >= 11 is 0. The molecule has 7 heteroatoms. The first kappa shape index (κ1) is 15.9. The first-order valence-electron chi connectivity index (χ1n) is 6.23. The Hall–Kier alpha value is -2.14. The molecule has 1 unspecified atom stereocenters. The van der Waals surface area contributed by atoms with E-state index in [4.69, 9.17) is 10.3 Å². The Morgan fingerprint density at radius 3 is 2.80 bits per heavy atom. The quantitative estimate of drug-likeness (QED) is 0.327. The van der Waals surface area contributed by atoms with E-state index < -0.39 is 17.7 Å². The van der Waals surface area contributed by atoms with E-state index in [1.54, 1.807) is 6.92 Å². The SMILES string of the molecule is CCOC(=O)CCCC(N=[N+]=[N-])c1ccc(F)c(F)c1. The van der Waals surface area contributed by atoms with Crippen molar-refractivity contribution in [2.24, 2.45) is 5.11 Å². The Balaban J connectivity index is 2.67. The molecular weight excluding hydrogens is 268 g/mol. The standard InChI is InChI=1S/C13H15F2N3O2/c1-2-20-13(19)5-3-4-12(17-18-16)9-6-7-10(14)11(15)8-9/h6-8,12H,2-5H2,1H3. The zero-order valence-corrected chi connectivity index (χ0v) is 11.1. The van der Waals surface area contributed by atoms with Crippen molar-refractivity contribution in [3.05, 3.63) is 45.8 Å². The highest BCUT2D eigenvalue weighted by molar-refractivity contribution is 5.69. The van der Waals surface area contributed by atoms with Crippen LogP contribution in [0.25, 0.3) is 10.4 Å². The Morgan fingerprint density at radius 2 is 2.20 bits per heavy atom. The van der Waals surface area contributed by atoms with Gasteiger partial charge in [0.05, 0.1) is 12.6 Å². The summed E-state index contributed by atoms with van der Waals surface area (Å²) < 4.78 is 30.8. The lowest BCUT2D eigenvalue weighted by molar-refractivity contribution is -0.143. The molecule has 1 rings (SSSR count). The number of halogens is 2. The van der Waals surface area contributed by atoms with Crippen LogP contribution in [0.4, 0.5) is 8.78 Å². The fourth-order valence-corrected chi connectivity index (χ4v) is 1.75. The molecule has 0 amide bonds. The molecular formula is C13H15F2N3O2. The number of nitrogens with zero attached hydrogens (tertiary/aromatic N) is 3. The Morgan fingerprint density at radius 1 is 1.45 bits per heavy atom. The lowest BCUT2D eigenvalue weighted by Crippen LogP contribution is -2.05. The van der Waals surface area contributed by atoms with Gasteiger partial charge in [0.25, 0.3) is 0 Å². The van der Waals surface area contributed by atoms with E-state index >= 15 is 0 Å². The van der Waals surface area contributed by atoms with Crippen molar-refractivity contribution in [3.8, 4) is 0 Å². The normalized spacial score (nSPS) is 11.6. The Kier molecular flexibility index (Phi) is 6.46. The number of carbonyl (C=O) groups excluding carboxylic acids is 1. The third-order valence-corrected chi connectivity index (χ3v) is 2.68. The monoisotopic (exact) mass is 283 g/mol. The van der Waals surface area contributed by atoms with Gasteiger partial charge >= 0.3 is 5.97 Å². The number of esters is 1. The molecule has 0 aliphatic heterocycles. The van der Waals surface area contributed by atoms with Crippen molar-refractivity contribution in [1.29, 1.82) is 0 Å². The largest absolute Gasteiger partial charge is 0.466 e. The minimum atomic E-state index is -0.994. The van der Waals surface area contributed by atoms with E-state index in [0.29, 0.717) is 25.0 Å². The molecule has 0 saturated carbocycles. The maximum atomic E-state index is 13.1. The van der Waals surface area contributed by atoms with Crippen LogP contribution in [0.3, 0.4) is 0 Å². The van der Waals surface area contributed by atoms with Gasteiger partial charge in [-0.3, -0.25) is 4.79 Å². The van der Waals surface area contributed by atoms with Crippen molar-refractivity contribution in [2.75, 3.05) is 6.61 Å². The van der Waals surface area contributed by atoms with E-state index in [9.17, 15) is 13.6 Å². The molecule has 1 atom stereocenters. The van der Waals surface area contributed by atoms with Gasteiger partial charge in [0.2, 0.25) is 0 Å². The van der Waals surface area contributed by atoms with Gasteiger partial charge in [-0.05, 0) is 43.0 Å². The predicted molar refractivity (Wildman–Crippen MR) is 68.7 cm³/mol. The maximum Gasteiger partial charge on any atom is 0.305 e. The third kappa shape index (κ3) is 4.85. The molecule has 0 saturated heterocycles. The smallest absolute Gasteiger partial charge is 0.305 e. The summed E-state index contributed by atoms with van der Waals surface area (Å²) in [5, 5.41) is 3.55. The summed E-state index contributed by atoms with van der Waals surface area (Å²) in [5.74, 6) is -2.29. The maximum absolute atomic E-state index is 13.1. The Labute approximate surface area is 115 Å². The summed E-state index contributed by atoms with van der Waals surface area (Å²) in [4.78, 5) is 13.9. The van der Waals surface area contributed by atoms with E-state index in [0.717, 1.165) is 12.1 Å². The summed E-state index contributed by atoms with van der Waals surface area (Å²) in [6.45, 7) is 2.02. The summed E-state index contributed by atoms with van der Waals surface area (Å²) in [6, 6.07) is 2.71. The second-order valence-corrected chi connectivity index (χ2v) is 4.09. The highest BCUT2D eigenvalue weighted by Gasteiger charge is 2.13. The van der Waals surface area contributed by atoms with Gasteiger partial charge in [0.15, 0.2) is 11.6 Å². The number of rotatable bonds is 7. The number of azide groups is 1.